The van der Waals surface area contributed by atoms with Crippen molar-refractivity contribution in [3.63, 3.8) is 0 Å². The molecule has 4 heteroatoms. The molecular weight excluding hydrogens is 267 g/mol. The summed E-state index contributed by atoms with van der Waals surface area (Å²) in [6.07, 6.45) is 0. The highest BCUT2D eigenvalue weighted by atomic mass is 19.1. The van der Waals surface area contributed by atoms with Crippen LogP contribution in [-0.2, 0) is 0 Å². The average molecular weight is 284 g/mol. The molecule has 1 aromatic heterocycles. The van der Waals surface area contributed by atoms with E-state index in [0.717, 1.165) is 16.6 Å². The quantitative estimate of drug-likeness (QED) is 0.797. The van der Waals surface area contributed by atoms with E-state index in [-0.39, 0.29) is 11.9 Å². The SMILES string of the molecule is CN(C)c1cccc(C(N)c2cc3cc(F)ccc3o2)c1. The number of anilines is 1. The van der Waals surface area contributed by atoms with E-state index in [0.29, 0.717) is 11.3 Å². The smallest absolute Gasteiger partial charge is 0.134 e. The monoisotopic (exact) mass is 284 g/mol. The molecule has 0 saturated heterocycles. The Hall–Kier alpha value is -2.33. The van der Waals surface area contributed by atoms with E-state index in [1.165, 1.54) is 12.1 Å². The number of furan rings is 1. The van der Waals surface area contributed by atoms with E-state index < -0.39 is 0 Å². The second kappa shape index (κ2) is 5.22. The molecule has 3 nitrogen and oxygen atoms in total. The third kappa shape index (κ3) is 2.62. The average Bonchev–Trinajstić information content (AvgIpc) is 2.89. The summed E-state index contributed by atoms with van der Waals surface area (Å²) in [7, 11) is 3.96. The first-order chi connectivity index (χ1) is 10.0. The van der Waals surface area contributed by atoms with Gasteiger partial charge in [0.1, 0.15) is 17.2 Å². The van der Waals surface area contributed by atoms with Crippen molar-refractivity contribution in [3.8, 4) is 0 Å². The lowest BCUT2D eigenvalue weighted by molar-refractivity contribution is 0.524. The molecule has 21 heavy (non-hydrogen) atoms. The zero-order valence-corrected chi connectivity index (χ0v) is 12.0. The maximum absolute atomic E-state index is 13.2. The molecule has 3 rings (SSSR count). The normalized spacial score (nSPS) is 12.6. The van der Waals surface area contributed by atoms with Crippen molar-refractivity contribution >= 4 is 16.7 Å². The van der Waals surface area contributed by atoms with Crippen LogP contribution < -0.4 is 10.6 Å². The molecule has 0 aliphatic heterocycles. The minimum absolute atomic E-state index is 0.280. The van der Waals surface area contributed by atoms with E-state index in [4.69, 9.17) is 10.2 Å². The molecule has 0 amide bonds. The van der Waals surface area contributed by atoms with Gasteiger partial charge in [-0.25, -0.2) is 4.39 Å². The fourth-order valence-electron chi connectivity index (χ4n) is 2.35. The van der Waals surface area contributed by atoms with Crippen LogP contribution >= 0.6 is 0 Å². The fraction of sp³-hybridized carbons (Fsp3) is 0.176. The van der Waals surface area contributed by atoms with Gasteiger partial charge in [-0.1, -0.05) is 12.1 Å². The lowest BCUT2D eigenvalue weighted by Gasteiger charge is -2.15. The van der Waals surface area contributed by atoms with Gasteiger partial charge in [0.2, 0.25) is 0 Å². The third-order valence-electron chi connectivity index (χ3n) is 3.55. The van der Waals surface area contributed by atoms with Crippen molar-refractivity contribution in [1.29, 1.82) is 0 Å². The lowest BCUT2D eigenvalue weighted by Crippen LogP contribution is -2.13. The lowest BCUT2D eigenvalue weighted by atomic mass is 10.0. The number of halogens is 1. The topological polar surface area (TPSA) is 42.4 Å². The zero-order chi connectivity index (χ0) is 15.0. The summed E-state index contributed by atoms with van der Waals surface area (Å²) in [5.41, 5.74) is 8.96. The van der Waals surface area contributed by atoms with E-state index in [1.807, 2.05) is 43.3 Å². The van der Waals surface area contributed by atoms with Crippen LogP contribution in [0.4, 0.5) is 10.1 Å². The Balaban J connectivity index is 1.99. The molecular formula is C17H17FN2O. The maximum atomic E-state index is 13.2. The molecule has 0 saturated carbocycles. The van der Waals surface area contributed by atoms with Crippen LogP contribution in [0.15, 0.2) is 52.9 Å². The van der Waals surface area contributed by atoms with Gasteiger partial charge in [-0.15, -0.1) is 0 Å². The van der Waals surface area contributed by atoms with Gasteiger partial charge in [0, 0.05) is 25.2 Å². The highest BCUT2D eigenvalue weighted by molar-refractivity contribution is 5.78. The van der Waals surface area contributed by atoms with E-state index in [9.17, 15) is 4.39 Å². The van der Waals surface area contributed by atoms with Gasteiger partial charge in [0.25, 0.3) is 0 Å². The number of fused-ring (bicyclic) bond motifs is 1. The van der Waals surface area contributed by atoms with E-state index >= 15 is 0 Å². The Morgan fingerprint density at radius 1 is 1.10 bits per heavy atom. The minimum atomic E-state index is -0.375. The summed E-state index contributed by atoms with van der Waals surface area (Å²) in [6.45, 7) is 0. The number of nitrogens with zero attached hydrogens (tertiary/aromatic N) is 1. The predicted molar refractivity (Wildman–Crippen MR) is 83.0 cm³/mol. The summed E-state index contributed by atoms with van der Waals surface area (Å²) in [5, 5.41) is 0.726. The highest BCUT2D eigenvalue weighted by Gasteiger charge is 2.15. The predicted octanol–water partition coefficient (Wildman–Crippen LogP) is 3.69. The molecule has 1 heterocycles. The van der Waals surface area contributed by atoms with Crippen LogP contribution in [0.2, 0.25) is 0 Å². The summed E-state index contributed by atoms with van der Waals surface area (Å²) < 4.78 is 19.0. The Morgan fingerprint density at radius 2 is 1.90 bits per heavy atom. The first-order valence-electron chi connectivity index (χ1n) is 6.76. The summed E-state index contributed by atoms with van der Waals surface area (Å²) >= 11 is 0. The molecule has 2 aromatic carbocycles. The standard InChI is InChI=1S/C17H17FN2O/c1-20(2)14-5-3-4-11(9-14)17(19)16-10-12-8-13(18)6-7-15(12)21-16/h3-10,17H,19H2,1-2H3. The van der Waals surface area contributed by atoms with Gasteiger partial charge in [0.05, 0.1) is 6.04 Å². The second-order valence-corrected chi connectivity index (χ2v) is 5.30. The van der Waals surface area contributed by atoms with Crippen molar-refractivity contribution in [2.45, 2.75) is 6.04 Å². The van der Waals surface area contributed by atoms with Crippen molar-refractivity contribution in [2.75, 3.05) is 19.0 Å². The van der Waals surface area contributed by atoms with Crippen LogP contribution in [-0.4, -0.2) is 14.1 Å². The molecule has 0 spiro atoms. The van der Waals surface area contributed by atoms with E-state index in [1.54, 1.807) is 12.1 Å². The Morgan fingerprint density at radius 3 is 2.67 bits per heavy atom. The molecule has 0 aliphatic carbocycles. The minimum Gasteiger partial charge on any atom is -0.459 e. The Kier molecular flexibility index (Phi) is 3.39. The van der Waals surface area contributed by atoms with E-state index in [2.05, 4.69) is 0 Å². The first-order valence-corrected chi connectivity index (χ1v) is 6.76. The van der Waals surface area contributed by atoms with Gasteiger partial charge in [-0.3, -0.25) is 0 Å². The van der Waals surface area contributed by atoms with Gasteiger partial charge in [0.15, 0.2) is 0 Å². The third-order valence-corrected chi connectivity index (χ3v) is 3.55. The van der Waals surface area contributed by atoms with Gasteiger partial charge >= 0.3 is 0 Å². The molecule has 3 aromatic rings. The number of rotatable bonds is 3. The molecule has 2 N–H and O–H groups in total. The summed E-state index contributed by atoms with van der Waals surface area (Å²) in [6, 6.07) is 13.9. The Bertz CT molecular complexity index is 779. The molecule has 0 bridgehead atoms. The van der Waals surface area contributed by atoms with Crippen molar-refractivity contribution in [2.24, 2.45) is 5.73 Å². The zero-order valence-electron chi connectivity index (χ0n) is 12.0. The molecule has 0 aliphatic rings. The molecule has 108 valence electrons. The summed E-state index contributed by atoms with van der Waals surface area (Å²) in [5.74, 6) is 0.351. The molecule has 0 radical (unpaired) electrons. The van der Waals surface area contributed by atoms with Gasteiger partial charge < -0.3 is 15.1 Å². The number of hydrogen-bond acceptors (Lipinski definition) is 3. The van der Waals surface area contributed by atoms with Gasteiger partial charge in [-0.2, -0.15) is 0 Å². The molecule has 1 unspecified atom stereocenters. The van der Waals surface area contributed by atoms with Crippen molar-refractivity contribution < 1.29 is 8.81 Å². The molecule has 1 atom stereocenters. The van der Waals surface area contributed by atoms with Crippen molar-refractivity contribution in [1.82, 2.24) is 0 Å². The number of nitrogens with two attached hydrogens (primary N) is 1. The second-order valence-electron chi connectivity index (χ2n) is 5.30. The van der Waals surface area contributed by atoms with Crippen LogP contribution in [0.3, 0.4) is 0 Å². The van der Waals surface area contributed by atoms with Crippen LogP contribution in [0.1, 0.15) is 17.4 Å². The molecule has 0 fully saturated rings. The highest BCUT2D eigenvalue weighted by Crippen LogP contribution is 2.28. The number of hydrogen-bond donors (Lipinski definition) is 1. The maximum Gasteiger partial charge on any atom is 0.134 e. The Labute approximate surface area is 122 Å². The van der Waals surface area contributed by atoms with Crippen LogP contribution in [0.5, 0.6) is 0 Å². The summed E-state index contributed by atoms with van der Waals surface area (Å²) in [4.78, 5) is 2.02. The number of benzene rings is 2. The van der Waals surface area contributed by atoms with Crippen molar-refractivity contribution in [3.05, 3.63) is 65.7 Å². The van der Waals surface area contributed by atoms with Crippen LogP contribution in [0, 0.1) is 5.82 Å². The fourth-order valence-corrected chi connectivity index (χ4v) is 2.35. The largest absolute Gasteiger partial charge is 0.459 e. The van der Waals surface area contributed by atoms with Crippen LogP contribution in [0.25, 0.3) is 11.0 Å². The first kappa shape index (κ1) is 13.6. The van der Waals surface area contributed by atoms with Gasteiger partial charge in [-0.05, 0) is 42.0 Å².